The van der Waals surface area contributed by atoms with E-state index in [1.165, 1.54) is 19.2 Å². The molecule has 104 valence electrons. The first-order chi connectivity index (χ1) is 8.70. The number of aromatic nitrogens is 1. The maximum absolute atomic E-state index is 11.5. The van der Waals surface area contributed by atoms with Crippen LogP contribution in [0.2, 0.25) is 0 Å². The van der Waals surface area contributed by atoms with Gasteiger partial charge in [0.15, 0.2) is 5.78 Å². The van der Waals surface area contributed by atoms with E-state index in [9.17, 15) is 14.7 Å². The van der Waals surface area contributed by atoms with Crippen LogP contribution in [-0.2, 0) is 11.3 Å². The minimum atomic E-state index is -0.590. The molecule has 0 bridgehead atoms. The highest BCUT2D eigenvalue weighted by molar-refractivity contribution is 5.95. The topological polar surface area (TPSA) is 88.5 Å². The van der Waals surface area contributed by atoms with Crippen LogP contribution >= 0.6 is 0 Å². The van der Waals surface area contributed by atoms with Crippen LogP contribution in [0.5, 0.6) is 5.75 Å². The van der Waals surface area contributed by atoms with Crippen molar-refractivity contribution in [1.29, 1.82) is 0 Å². The van der Waals surface area contributed by atoms with Crippen LogP contribution in [-0.4, -0.2) is 27.6 Å². The average molecular weight is 266 g/mol. The van der Waals surface area contributed by atoms with E-state index in [0.717, 1.165) is 0 Å². The second-order valence-electron chi connectivity index (χ2n) is 5.08. The van der Waals surface area contributed by atoms with Crippen LogP contribution < -0.4 is 5.32 Å². The number of ketones is 1. The van der Waals surface area contributed by atoms with Crippen molar-refractivity contribution >= 4 is 11.9 Å². The molecular formula is C13H18N2O4. The number of pyridine rings is 1. The molecule has 1 aromatic heterocycles. The van der Waals surface area contributed by atoms with Gasteiger partial charge in [0.2, 0.25) is 0 Å². The summed E-state index contributed by atoms with van der Waals surface area (Å²) in [5, 5.41) is 12.3. The van der Waals surface area contributed by atoms with Crippen LogP contribution in [0.3, 0.4) is 0 Å². The summed E-state index contributed by atoms with van der Waals surface area (Å²) < 4.78 is 5.06. The molecule has 1 heterocycles. The number of ether oxygens (including phenoxy) is 1. The maximum atomic E-state index is 11.5. The van der Waals surface area contributed by atoms with Gasteiger partial charge < -0.3 is 15.2 Å². The summed E-state index contributed by atoms with van der Waals surface area (Å²) in [7, 11) is 0. The van der Waals surface area contributed by atoms with Gasteiger partial charge in [-0.25, -0.2) is 9.78 Å². The lowest BCUT2D eigenvalue weighted by molar-refractivity contribution is 0.0523. The van der Waals surface area contributed by atoms with E-state index in [4.69, 9.17) is 4.74 Å². The zero-order chi connectivity index (χ0) is 14.6. The Kier molecular flexibility index (Phi) is 4.47. The molecule has 0 aliphatic heterocycles. The number of Topliss-reactive ketones (excluding diaryl/α,β-unsaturated/α-hetero) is 1. The van der Waals surface area contributed by atoms with Crippen molar-refractivity contribution in [2.75, 3.05) is 0 Å². The molecule has 0 unspecified atom stereocenters. The smallest absolute Gasteiger partial charge is 0.407 e. The molecule has 0 saturated heterocycles. The normalized spacial score (nSPS) is 10.9. The fourth-order valence-corrected chi connectivity index (χ4v) is 1.38. The Balaban J connectivity index is 2.71. The first-order valence-corrected chi connectivity index (χ1v) is 5.85. The third-order valence-corrected chi connectivity index (χ3v) is 2.16. The fraction of sp³-hybridized carbons (Fsp3) is 0.462. The number of carbonyl (C=O) groups is 2. The van der Waals surface area contributed by atoms with E-state index in [-0.39, 0.29) is 23.8 Å². The minimum absolute atomic E-state index is 0.0107. The summed E-state index contributed by atoms with van der Waals surface area (Å²) in [6, 6.07) is 1.53. The molecule has 6 nitrogen and oxygen atoms in total. The highest BCUT2D eigenvalue weighted by Crippen LogP contribution is 2.20. The van der Waals surface area contributed by atoms with Gasteiger partial charge >= 0.3 is 6.09 Å². The van der Waals surface area contributed by atoms with Crippen LogP contribution in [0.15, 0.2) is 12.3 Å². The lowest BCUT2D eigenvalue weighted by Crippen LogP contribution is -2.32. The summed E-state index contributed by atoms with van der Waals surface area (Å²) >= 11 is 0. The molecule has 1 rings (SSSR count). The molecule has 1 amide bonds. The van der Waals surface area contributed by atoms with E-state index in [2.05, 4.69) is 10.3 Å². The molecule has 1 aromatic rings. The van der Waals surface area contributed by atoms with Gasteiger partial charge in [0.05, 0.1) is 0 Å². The predicted molar refractivity (Wildman–Crippen MR) is 69.0 cm³/mol. The summed E-state index contributed by atoms with van der Waals surface area (Å²) in [6.07, 6.45) is 0.816. The molecule has 0 saturated carbocycles. The largest absolute Gasteiger partial charge is 0.505 e. The Morgan fingerprint density at radius 2 is 2.05 bits per heavy atom. The third kappa shape index (κ3) is 4.57. The maximum Gasteiger partial charge on any atom is 0.407 e. The number of rotatable bonds is 3. The van der Waals surface area contributed by atoms with Gasteiger partial charge in [-0.3, -0.25) is 4.79 Å². The molecule has 0 aliphatic carbocycles. The van der Waals surface area contributed by atoms with Crippen LogP contribution in [0.4, 0.5) is 4.79 Å². The van der Waals surface area contributed by atoms with Gasteiger partial charge in [0.25, 0.3) is 0 Å². The predicted octanol–water partition coefficient (Wildman–Crippen LogP) is 2.01. The molecule has 0 aliphatic rings. The molecule has 2 N–H and O–H groups in total. The Labute approximate surface area is 111 Å². The van der Waals surface area contributed by atoms with Crippen molar-refractivity contribution in [2.24, 2.45) is 0 Å². The number of aromatic hydroxyl groups is 1. The second kappa shape index (κ2) is 5.69. The Morgan fingerprint density at radius 3 is 2.58 bits per heavy atom. The van der Waals surface area contributed by atoms with E-state index in [0.29, 0.717) is 5.56 Å². The highest BCUT2D eigenvalue weighted by atomic mass is 16.6. The van der Waals surface area contributed by atoms with Crippen molar-refractivity contribution in [3.05, 3.63) is 23.5 Å². The first kappa shape index (κ1) is 14.9. The van der Waals surface area contributed by atoms with Crippen LogP contribution in [0, 0.1) is 0 Å². The van der Waals surface area contributed by atoms with Crippen LogP contribution in [0.1, 0.15) is 43.7 Å². The standard InChI is InChI=1S/C13H18N2O4/c1-8(16)10-11(17)9(5-6-14-10)7-15-12(18)19-13(2,3)4/h5-6,17H,7H2,1-4H3,(H,15,18). The van der Waals surface area contributed by atoms with Crippen molar-refractivity contribution < 1.29 is 19.4 Å². The Bertz CT molecular complexity index is 492. The average Bonchev–Trinajstić information content (AvgIpc) is 2.24. The van der Waals surface area contributed by atoms with Crippen molar-refractivity contribution in [3.8, 4) is 5.75 Å². The summed E-state index contributed by atoms with van der Waals surface area (Å²) in [5.74, 6) is -0.553. The van der Waals surface area contributed by atoms with Gasteiger partial charge in [-0.1, -0.05) is 0 Å². The second-order valence-corrected chi connectivity index (χ2v) is 5.08. The monoisotopic (exact) mass is 266 g/mol. The van der Waals surface area contributed by atoms with Gasteiger partial charge in [-0.2, -0.15) is 0 Å². The van der Waals surface area contributed by atoms with Crippen molar-refractivity contribution in [3.63, 3.8) is 0 Å². The molecule has 0 fully saturated rings. The van der Waals surface area contributed by atoms with E-state index >= 15 is 0 Å². The first-order valence-electron chi connectivity index (χ1n) is 5.85. The van der Waals surface area contributed by atoms with E-state index < -0.39 is 11.7 Å². The Hall–Kier alpha value is -2.11. The van der Waals surface area contributed by atoms with Crippen molar-refractivity contribution in [2.45, 2.75) is 39.8 Å². The number of nitrogens with one attached hydrogen (secondary N) is 1. The summed E-state index contributed by atoms with van der Waals surface area (Å²) in [4.78, 5) is 26.5. The Morgan fingerprint density at radius 1 is 1.42 bits per heavy atom. The molecule has 0 atom stereocenters. The number of nitrogens with zero attached hydrogens (tertiary/aromatic N) is 1. The zero-order valence-corrected chi connectivity index (χ0v) is 11.5. The summed E-state index contributed by atoms with van der Waals surface area (Å²) in [6.45, 7) is 6.63. The quantitative estimate of drug-likeness (QED) is 0.817. The van der Waals surface area contributed by atoms with Crippen LogP contribution in [0.25, 0.3) is 0 Å². The number of amides is 1. The van der Waals surface area contributed by atoms with Gasteiger partial charge in [0, 0.05) is 25.2 Å². The molecule has 6 heteroatoms. The summed E-state index contributed by atoms with van der Waals surface area (Å²) in [5.41, 5.74) is -0.191. The number of alkyl carbamates (subject to hydrolysis) is 1. The van der Waals surface area contributed by atoms with Gasteiger partial charge in [-0.05, 0) is 26.8 Å². The number of hydrogen-bond acceptors (Lipinski definition) is 5. The van der Waals surface area contributed by atoms with E-state index in [1.54, 1.807) is 20.8 Å². The SMILES string of the molecule is CC(=O)c1nccc(CNC(=O)OC(C)(C)C)c1O. The fourth-order valence-electron chi connectivity index (χ4n) is 1.38. The molecule has 0 spiro atoms. The van der Waals surface area contributed by atoms with Crippen molar-refractivity contribution in [1.82, 2.24) is 10.3 Å². The third-order valence-electron chi connectivity index (χ3n) is 2.16. The van der Waals surface area contributed by atoms with Gasteiger partial charge in [-0.15, -0.1) is 0 Å². The molecule has 0 radical (unpaired) electrons. The molecule has 0 aromatic carbocycles. The van der Waals surface area contributed by atoms with Gasteiger partial charge in [0.1, 0.15) is 17.0 Å². The zero-order valence-electron chi connectivity index (χ0n) is 11.5. The minimum Gasteiger partial charge on any atom is -0.505 e. The number of carbonyl (C=O) groups excluding carboxylic acids is 2. The molecular weight excluding hydrogens is 248 g/mol. The lowest BCUT2D eigenvalue weighted by atomic mass is 10.1. The van der Waals surface area contributed by atoms with E-state index in [1.807, 2.05) is 0 Å². The molecule has 19 heavy (non-hydrogen) atoms. The number of hydrogen-bond donors (Lipinski definition) is 2. The highest BCUT2D eigenvalue weighted by Gasteiger charge is 2.17. The lowest BCUT2D eigenvalue weighted by Gasteiger charge is -2.19.